The van der Waals surface area contributed by atoms with Crippen molar-refractivity contribution in [1.82, 2.24) is 14.8 Å². The smallest absolute Gasteiger partial charge is 0.138 e. The summed E-state index contributed by atoms with van der Waals surface area (Å²) < 4.78 is 6.88. The highest BCUT2D eigenvalue weighted by molar-refractivity contribution is 6.30. The molecule has 0 saturated heterocycles. The molecule has 5 nitrogen and oxygen atoms in total. The maximum absolute atomic E-state index is 10.6. The quantitative estimate of drug-likeness (QED) is 0.922. The lowest BCUT2D eigenvalue weighted by atomic mass is 9.97. The predicted octanol–water partition coefficient (Wildman–Crippen LogP) is 2.72. The van der Waals surface area contributed by atoms with E-state index in [1.165, 1.54) is 17.3 Å². The van der Waals surface area contributed by atoms with Crippen molar-refractivity contribution in [2.24, 2.45) is 0 Å². The monoisotopic (exact) mass is 307 g/mol. The molecule has 1 unspecified atom stereocenters. The third-order valence-electron chi connectivity index (χ3n) is 3.31. The summed E-state index contributed by atoms with van der Waals surface area (Å²) in [5, 5.41) is 15.3. The third kappa shape index (κ3) is 3.69. The molecule has 0 saturated carbocycles. The summed E-state index contributed by atoms with van der Waals surface area (Å²) in [6.07, 6.45) is 3.87. The number of nitrogens with zero attached hydrogens (tertiary/aromatic N) is 3. The van der Waals surface area contributed by atoms with Gasteiger partial charge in [0.1, 0.15) is 18.8 Å². The Hall–Kier alpha value is -1.69. The van der Waals surface area contributed by atoms with E-state index in [0.717, 1.165) is 5.56 Å². The lowest BCUT2D eigenvalue weighted by Crippen LogP contribution is -2.40. The fourth-order valence-corrected chi connectivity index (χ4v) is 2.05. The zero-order chi connectivity index (χ0) is 15.5. The number of aromatic nitrogens is 3. The molecule has 0 radical (unpaired) electrons. The van der Waals surface area contributed by atoms with Gasteiger partial charge < -0.3 is 9.84 Å². The zero-order valence-corrected chi connectivity index (χ0v) is 12.9. The second-order valence-corrected chi connectivity index (χ2v) is 5.61. The molecule has 1 atom stereocenters. The van der Waals surface area contributed by atoms with Gasteiger partial charge in [-0.2, -0.15) is 5.10 Å². The van der Waals surface area contributed by atoms with Crippen LogP contribution in [0.3, 0.4) is 0 Å². The summed E-state index contributed by atoms with van der Waals surface area (Å²) >= 11 is 6.00. The minimum absolute atomic E-state index is 0.557. The molecule has 1 N–H and O–H groups in total. The number of benzene rings is 1. The molecule has 0 aliphatic carbocycles. The van der Waals surface area contributed by atoms with E-state index in [4.69, 9.17) is 16.3 Å². The summed E-state index contributed by atoms with van der Waals surface area (Å²) in [5.74, 6) is 0. The molecule has 2 rings (SSSR count). The lowest BCUT2D eigenvalue weighted by molar-refractivity contribution is -0.0539. The Kier molecular flexibility index (Phi) is 4.77. The molecule has 0 bridgehead atoms. The van der Waals surface area contributed by atoms with E-state index in [1.807, 2.05) is 24.3 Å². The summed E-state index contributed by atoms with van der Waals surface area (Å²) in [7, 11) is 1.56. The predicted molar refractivity (Wildman–Crippen MR) is 82.7 cm³/mol. The minimum atomic E-state index is -0.886. The van der Waals surface area contributed by atoms with Crippen LogP contribution in [0.2, 0.25) is 5.02 Å². The van der Waals surface area contributed by atoms with Gasteiger partial charge in [0.15, 0.2) is 0 Å². The van der Waals surface area contributed by atoms with E-state index < -0.39 is 11.7 Å². The van der Waals surface area contributed by atoms with Crippen molar-refractivity contribution in [2.75, 3.05) is 7.11 Å². The first-order chi connectivity index (χ1) is 9.94. The number of rotatable bonds is 5. The van der Waals surface area contributed by atoms with Gasteiger partial charge in [0.05, 0.1) is 11.3 Å². The first-order valence-electron chi connectivity index (χ1n) is 6.49. The third-order valence-corrected chi connectivity index (χ3v) is 3.55. The van der Waals surface area contributed by atoms with Crippen LogP contribution in [0.4, 0.5) is 0 Å². The maximum Gasteiger partial charge on any atom is 0.138 e. The highest BCUT2D eigenvalue weighted by Gasteiger charge is 2.32. The molecule has 1 aromatic heterocycles. The highest BCUT2D eigenvalue weighted by atomic mass is 35.5. The van der Waals surface area contributed by atoms with Crippen LogP contribution in [0.25, 0.3) is 11.8 Å². The van der Waals surface area contributed by atoms with Crippen molar-refractivity contribution in [3.8, 4) is 0 Å². The first-order valence-corrected chi connectivity index (χ1v) is 6.87. The number of aliphatic hydroxyl groups is 1. The lowest BCUT2D eigenvalue weighted by Gasteiger charge is -2.30. The van der Waals surface area contributed by atoms with Gasteiger partial charge in [-0.25, -0.2) is 9.67 Å². The molecule has 0 aliphatic rings. The summed E-state index contributed by atoms with van der Waals surface area (Å²) in [5.41, 5.74) is 0.650. The van der Waals surface area contributed by atoms with Gasteiger partial charge in [-0.05, 0) is 37.6 Å². The van der Waals surface area contributed by atoms with Gasteiger partial charge in [0, 0.05) is 12.1 Å². The van der Waals surface area contributed by atoms with Crippen LogP contribution in [0.15, 0.2) is 36.9 Å². The van der Waals surface area contributed by atoms with Gasteiger partial charge in [0.25, 0.3) is 0 Å². The van der Waals surface area contributed by atoms with Crippen molar-refractivity contribution in [3.05, 3.63) is 47.5 Å². The van der Waals surface area contributed by atoms with Crippen molar-refractivity contribution in [1.29, 1.82) is 0 Å². The van der Waals surface area contributed by atoms with E-state index in [-0.39, 0.29) is 0 Å². The van der Waals surface area contributed by atoms with E-state index in [2.05, 4.69) is 10.1 Å². The van der Waals surface area contributed by atoms with Crippen molar-refractivity contribution in [2.45, 2.75) is 25.6 Å². The largest absolute Gasteiger partial charge is 0.384 e. The van der Waals surface area contributed by atoms with Gasteiger partial charge in [-0.15, -0.1) is 0 Å². The maximum atomic E-state index is 10.6. The second kappa shape index (κ2) is 6.39. The Morgan fingerprint density at radius 1 is 1.48 bits per heavy atom. The molecule has 1 aromatic carbocycles. The van der Waals surface area contributed by atoms with E-state index in [1.54, 1.807) is 27.0 Å². The standard InChI is InChI=1S/C15H18ClN3O2/c1-15(2,21-3)14(20)13(19-10-17-9-18-19)8-11-5-4-6-12(16)7-11/h4-10,14,20H,1-3H3. The zero-order valence-electron chi connectivity index (χ0n) is 12.2. The molecule has 1 heterocycles. The highest BCUT2D eigenvalue weighted by Crippen LogP contribution is 2.25. The summed E-state index contributed by atoms with van der Waals surface area (Å²) in [4.78, 5) is 3.93. The Bertz CT molecular complexity index is 624. The van der Waals surface area contributed by atoms with Crippen LogP contribution >= 0.6 is 11.6 Å². The second-order valence-electron chi connectivity index (χ2n) is 5.17. The number of hydrogen-bond acceptors (Lipinski definition) is 4. The molecule has 0 amide bonds. The fourth-order valence-electron chi connectivity index (χ4n) is 1.85. The molecule has 21 heavy (non-hydrogen) atoms. The van der Waals surface area contributed by atoms with Gasteiger partial charge in [-0.3, -0.25) is 0 Å². The van der Waals surface area contributed by atoms with Crippen LogP contribution in [0.5, 0.6) is 0 Å². The van der Waals surface area contributed by atoms with E-state index in [9.17, 15) is 5.11 Å². The first kappa shape index (κ1) is 15.7. The molecular formula is C15H18ClN3O2. The summed E-state index contributed by atoms with van der Waals surface area (Å²) in [6.45, 7) is 3.61. The normalized spacial score (nSPS) is 14.2. The van der Waals surface area contributed by atoms with E-state index in [0.29, 0.717) is 10.7 Å². The van der Waals surface area contributed by atoms with Crippen LogP contribution in [-0.4, -0.2) is 38.7 Å². The number of halogens is 1. The van der Waals surface area contributed by atoms with Crippen LogP contribution in [-0.2, 0) is 4.74 Å². The fraction of sp³-hybridized carbons (Fsp3) is 0.333. The van der Waals surface area contributed by atoms with Crippen molar-refractivity contribution < 1.29 is 9.84 Å². The molecular weight excluding hydrogens is 290 g/mol. The number of hydrogen-bond donors (Lipinski definition) is 1. The van der Waals surface area contributed by atoms with Crippen LogP contribution in [0, 0.1) is 0 Å². The van der Waals surface area contributed by atoms with Crippen molar-refractivity contribution >= 4 is 23.4 Å². The molecule has 112 valence electrons. The molecule has 0 fully saturated rings. The summed E-state index contributed by atoms with van der Waals surface area (Å²) in [6, 6.07) is 7.35. The number of ether oxygens (including phenoxy) is 1. The Balaban J connectivity index is 2.47. The van der Waals surface area contributed by atoms with E-state index >= 15 is 0 Å². The van der Waals surface area contributed by atoms with Gasteiger partial charge >= 0.3 is 0 Å². The van der Waals surface area contributed by atoms with Crippen LogP contribution in [0.1, 0.15) is 19.4 Å². The van der Waals surface area contributed by atoms with Crippen LogP contribution < -0.4 is 0 Å². The number of methoxy groups -OCH3 is 1. The van der Waals surface area contributed by atoms with Crippen molar-refractivity contribution in [3.63, 3.8) is 0 Å². The van der Waals surface area contributed by atoms with Gasteiger partial charge in [0.2, 0.25) is 0 Å². The topological polar surface area (TPSA) is 60.2 Å². The minimum Gasteiger partial charge on any atom is -0.384 e. The van der Waals surface area contributed by atoms with Gasteiger partial charge in [-0.1, -0.05) is 23.7 Å². The Labute approximate surface area is 128 Å². The SMILES string of the molecule is COC(C)(C)C(O)C(=Cc1cccc(Cl)c1)n1cncn1. The molecule has 6 heteroatoms. The molecule has 2 aromatic rings. The molecule has 0 aliphatic heterocycles. The average Bonchev–Trinajstić information content (AvgIpc) is 2.98. The Morgan fingerprint density at radius 3 is 2.81 bits per heavy atom. The number of aliphatic hydroxyl groups excluding tert-OH is 1. The average molecular weight is 308 g/mol. The Morgan fingerprint density at radius 2 is 2.24 bits per heavy atom. The molecule has 0 spiro atoms.